The summed E-state index contributed by atoms with van der Waals surface area (Å²) in [7, 11) is 0. The Morgan fingerprint density at radius 1 is 1.36 bits per heavy atom. The van der Waals surface area contributed by atoms with Crippen LogP contribution in [0.15, 0.2) is 42.7 Å². The fourth-order valence-electron chi connectivity index (χ4n) is 3.05. The molecule has 0 fully saturated rings. The number of primary amides is 1. The Morgan fingerprint density at radius 2 is 2.04 bits per heavy atom. The first-order valence-corrected chi connectivity index (χ1v) is 7.75. The number of aliphatic hydroxyl groups excluding tert-OH is 1. The van der Waals surface area contributed by atoms with E-state index in [-0.39, 0.29) is 0 Å². The van der Waals surface area contributed by atoms with Gasteiger partial charge in [0.2, 0.25) is 0 Å². The van der Waals surface area contributed by atoms with Gasteiger partial charge in [-0.2, -0.15) is 5.26 Å². The zero-order valence-corrected chi connectivity index (χ0v) is 13.9. The van der Waals surface area contributed by atoms with Crippen molar-refractivity contribution in [2.75, 3.05) is 4.90 Å². The quantitative estimate of drug-likeness (QED) is 0.871. The zero-order valence-electron chi connectivity index (χ0n) is 13.9. The number of hydrogen-bond donors (Lipinski definition) is 2. The highest BCUT2D eigenvalue weighted by atomic mass is 16.5. The largest absolute Gasteiger partial charge is 0.485 e. The summed E-state index contributed by atoms with van der Waals surface area (Å²) in [5, 5.41) is 20.1. The first kappa shape index (κ1) is 16.7. The van der Waals surface area contributed by atoms with Crippen LogP contribution in [0.2, 0.25) is 0 Å². The zero-order chi connectivity index (χ0) is 18.2. The molecule has 1 aliphatic heterocycles. The number of fused-ring (bicyclic) bond motifs is 1. The second-order valence-electron chi connectivity index (χ2n) is 6.37. The molecular formula is C18H18N4O3. The van der Waals surface area contributed by atoms with Crippen molar-refractivity contribution in [2.24, 2.45) is 5.73 Å². The lowest BCUT2D eigenvalue weighted by molar-refractivity contribution is -0.0571. The van der Waals surface area contributed by atoms with Crippen LogP contribution in [0.4, 0.5) is 10.5 Å². The van der Waals surface area contributed by atoms with Crippen LogP contribution in [0.1, 0.15) is 31.0 Å². The maximum atomic E-state index is 12.2. The molecule has 0 bridgehead atoms. The molecule has 2 aromatic rings. The number of hydrogen-bond acceptors (Lipinski definition) is 5. The van der Waals surface area contributed by atoms with Crippen LogP contribution in [0, 0.1) is 11.3 Å². The summed E-state index contributed by atoms with van der Waals surface area (Å²) >= 11 is 0. The van der Waals surface area contributed by atoms with Crippen LogP contribution in [0.5, 0.6) is 5.75 Å². The molecule has 1 aliphatic rings. The number of nitrogens with two attached hydrogens (primary N) is 1. The van der Waals surface area contributed by atoms with E-state index in [1.54, 1.807) is 44.2 Å². The standard InChI is InChI=1S/C18H18N4O3/c1-18(2)16(23)15(13-9-11(10-19)3-4-14(13)25-18)22(17(20)24)12-5-7-21-8-6-12/h3-9,15-16,23H,1-2H3,(H2,20,24)/t15-,16+/m1/s1. The Hall–Kier alpha value is -3.11. The van der Waals surface area contributed by atoms with Crippen LogP contribution in [-0.4, -0.2) is 27.8 Å². The first-order chi connectivity index (χ1) is 11.8. The monoisotopic (exact) mass is 338 g/mol. The Bertz CT molecular complexity index is 845. The van der Waals surface area contributed by atoms with Crippen molar-refractivity contribution in [1.29, 1.82) is 5.26 Å². The van der Waals surface area contributed by atoms with Gasteiger partial charge in [-0.15, -0.1) is 0 Å². The van der Waals surface area contributed by atoms with E-state index >= 15 is 0 Å². The topological polar surface area (TPSA) is 112 Å². The molecule has 2 amide bonds. The molecule has 3 rings (SSSR count). The Kier molecular flexibility index (Phi) is 4.07. The van der Waals surface area contributed by atoms with Crippen molar-refractivity contribution in [3.63, 3.8) is 0 Å². The van der Waals surface area contributed by atoms with Gasteiger partial charge in [0.15, 0.2) is 0 Å². The predicted octanol–water partition coefficient (Wildman–Crippen LogP) is 2.11. The van der Waals surface area contributed by atoms with E-state index in [1.165, 1.54) is 17.3 Å². The average Bonchev–Trinajstić information content (AvgIpc) is 2.59. The molecule has 0 radical (unpaired) electrons. The van der Waals surface area contributed by atoms with Gasteiger partial charge in [0.25, 0.3) is 0 Å². The third kappa shape index (κ3) is 2.88. The summed E-state index contributed by atoms with van der Waals surface area (Å²) in [6, 6.07) is 8.71. The van der Waals surface area contributed by atoms with Crippen molar-refractivity contribution >= 4 is 11.7 Å². The molecule has 0 aliphatic carbocycles. The highest BCUT2D eigenvalue weighted by molar-refractivity contribution is 5.92. The number of aromatic nitrogens is 1. The molecule has 1 aromatic carbocycles. The maximum Gasteiger partial charge on any atom is 0.319 e. The third-order valence-electron chi connectivity index (χ3n) is 4.30. The molecular weight excluding hydrogens is 320 g/mol. The Labute approximate surface area is 145 Å². The molecule has 2 heterocycles. The van der Waals surface area contributed by atoms with Crippen LogP contribution in [0.25, 0.3) is 0 Å². The van der Waals surface area contributed by atoms with Crippen LogP contribution in [0.3, 0.4) is 0 Å². The summed E-state index contributed by atoms with van der Waals surface area (Å²) in [6.07, 6.45) is 2.01. The van der Waals surface area contributed by atoms with E-state index in [0.29, 0.717) is 22.6 Å². The van der Waals surface area contributed by atoms with Gasteiger partial charge in [-0.25, -0.2) is 4.79 Å². The molecule has 2 atom stereocenters. The van der Waals surface area contributed by atoms with Gasteiger partial charge < -0.3 is 15.6 Å². The fourth-order valence-corrected chi connectivity index (χ4v) is 3.05. The minimum absolute atomic E-state index is 0.401. The van der Waals surface area contributed by atoms with Gasteiger partial charge in [0, 0.05) is 23.6 Å². The summed E-state index contributed by atoms with van der Waals surface area (Å²) in [4.78, 5) is 17.5. The maximum absolute atomic E-state index is 12.2. The lowest BCUT2D eigenvalue weighted by Gasteiger charge is -2.45. The van der Waals surface area contributed by atoms with Crippen molar-refractivity contribution in [2.45, 2.75) is 31.6 Å². The molecule has 128 valence electrons. The predicted molar refractivity (Wildman–Crippen MR) is 90.9 cm³/mol. The highest BCUT2D eigenvalue weighted by Gasteiger charge is 2.47. The van der Waals surface area contributed by atoms with E-state index < -0.39 is 23.8 Å². The van der Waals surface area contributed by atoms with Gasteiger partial charge >= 0.3 is 6.03 Å². The van der Waals surface area contributed by atoms with Gasteiger partial charge in [-0.05, 0) is 44.2 Å². The summed E-state index contributed by atoms with van der Waals surface area (Å²) in [5.74, 6) is 0.500. The van der Waals surface area contributed by atoms with Crippen molar-refractivity contribution in [3.05, 3.63) is 53.9 Å². The number of urea groups is 1. The number of aliphatic hydroxyl groups is 1. The minimum Gasteiger partial charge on any atom is -0.485 e. The summed E-state index contributed by atoms with van der Waals surface area (Å²) in [6.45, 7) is 3.47. The third-order valence-corrected chi connectivity index (χ3v) is 4.30. The number of nitriles is 1. The summed E-state index contributed by atoms with van der Waals surface area (Å²) in [5.41, 5.74) is 6.10. The molecule has 7 nitrogen and oxygen atoms in total. The lowest BCUT2D eigenvalue weighted by Crippen LogP contribution is -2.56. The van der Waals surface area contributed by atoms with E-state index in [9.17, 15) is 15.2 Å². The normalized spacial score (nSPS) is 20.7. The Balaban J connectivity index is 2.21. The molecule has 3 N–H and O–H groups in total. The molecule has 0 spiro atoms. The first-order valence-electron chi connectivity index (χ1n) is 7.75. The second-order valence-corrected chi connectivity index (χ2v) is 6.37. The van der Waals surface area contributed by atoms with Gasteiger partial charge in [0.1, 0.15) is 17.5 Å². The van der Waals surface area contributed by atoms with Crippen molar-refractivity contribution in [1.82, 2.24) is 4.98 Å². The van der Waals surface area contributed by atoms with E-state index in [1.807, 2.05) is 0 Å². The van der Waals surface area contributed by atoms with E-state index in [0.717, 1.165) is 0 Å². The smallest absolute Gasteiger partial charge is 0.319 e. The molecule has 0 unspecified atom stereocenters. The number of pyridine rings is 1. The number of anilines is 1. The fraction of sp³-hybridized carbons (Fsp3) is 0.278. The molecule has 1 aromatic heterocycles. The molecule has 0 saturated carbocycles. The lowest BCUT2D eigenvalue weighted by atomic mass is 9.85. The number of ether oxygens (including phenoxy) is 1. The molecule has 7 heteroatoms. The number of amides is 2. The van der Waals surface area contributed by atoms with Crippen LogP contribution in [-0.2, 0) is 0 Å². The SMILES string of the molecule is CC1(C)Oc2ccc(C#N)cc2[C@@H](N(C(N)=O)c2ccncc2)[C@@H]1O. The number of rotatable bonds is 2. The average molecular weight is 338 g/mol. The van der Waals surface area contributed by atoms with Crippen LogP contribution >= 0.6 is 0 Å². The van der Waals surface area contributed by atoms with Gasteiger partial charge in [-0.3, -0.25) is 9.88 Å². The van der Waals surface area contributed by atoms with Gasteiger partial charge in [0.05, 0.1) is 17.7 Å². The van der Waals surface area contributed by atoms with E-state index in [4.69, 9.17) is 10.5 Å². The molecule has 0 saturated heterocycles. The van der Waals surface area contributed by atoms with Crippen molar-refractivity contribution in [3.8, 4) is 11.8 Å². The summed E-state index contributed by atoms with van der Waals surface area (Å²) < 4.78 is 5.88. The van der Waals surface area contributed by atoms with Gasteiger partial charge in [-0.1, -0.05) is 0 Å². The second kappa shape index (κ2) is 6.07. The van der Waals surface area contributed by atoms with E-state index in [2.05, 4.69) is 11.1 Å². The van der Waals surface area contributed by atoms with Crippen molar-refractivity contribution < 1.29 is 14.6 Å². The number of nitrogens with zero attached hydrogens (tertiary/aromatic N) is 3. The minimum atomic E-state index is -1.06. The highest BCUT2D eigenvalue weighted by Crippen LogP contribution is 2.44. The number of benzene rings is 1. The van der Waals surface area contributed by atoms with Crippen LogP contribution < -0.4 is 15.4 Å². The number of carbonyl (C=O) groups is 1. The Morgan fingerprint density at radius 3 is 2.64 bits per heavy atom. The number of carbonyl (C=O) groups excluding carboxylic acids is 1. The molecule has 25 heavy (non-hydrogen) atoms.